The Morgan fingerprint density at radius 1 is 1.19 bits per heavy atom. The molecule has 2 aromatic carbocycles. The molecular formula is C27H30BN5O4. The number of hydrogen-bond acceptors (Lipinski definition) is 8. The molecular weight excluding hydrogens is 469 g/mol. The Balaban J connectivity index is 1.53. The molecule has 4 heterocycles. The molecule has 37 heavy (non-hydrogen) atoms. The number of hydrogen-bond donors (Lipinski definition) is 1. The number of anilines is 1. The molecule has 2 aliphatic rings. The van der Waals surface area contributed by atoms with Crippen LogP contribution in [0, 0.1) is 5.92 Å². The SMILES string of the molecule is CC[C@]12COCC1(C(C)C)OB(c1cc(-c3ccc4c(N)cnnc4c3)c(-n3cccn3)cc1OC)O2. The maximum Gasteiger partial charge on any atom is 0.498 e. The van der Waals surface area contributed by atoms with Gasteiger partial charge in [0.05, 0.1) is 43.4 Å². The molecule has 0 bridgehead atoms. The number of fused-ring (bicyclic) bond motifs is 2. The molecule has 2 N–H and O–H groups in total. The number of benzene rings is 2. The molecule has 2 atom stereocenters. The van der Waals surface area contributed by atoms with Gasteiger partial charge in [0.25, 0.3) is 0 Å². The number of nitrogen functional groups attached to an aromatic ring is 1. The van der Waals surface area contributed by atoms with E-state index in [0.717, 1.165) is 34.1 Å². The molecule has 4 aromatic rings. The number of nitrogens with two attached hydrogens (primary N) is 1. The van der Waals surface area contributed by atoms with Crippen molar-refractivity contribution in [3.63, 3.8) is 0 Å². The van der Waals surface area contributed by atoms with Crippen LogP contribution in [0.3, 0.4) is 0 Å². The number of methoxy groups -OCH3 is 1. The van der Waals surface area contributed by atoms with Gasteiger partial charge >= 0.3 is 7.12 Å². The normalized spacial score (nSPS) is 23.2. The standard InChI is InChI=1S/C27H30BN5O4/c1-5-26-15-35-16-27(26,17(2)3)37-28(36-26)21-12-20(24(13-25(21)34-4)33-10-6-9-31-33)18-7-8-19-22(29)14-30-32-23(19)11-18/h6-14,17H,5,15-16H2,1-4H3,(H2,29,32)/t26-,27?/m0/s1. The molecule has 0 spiro atoms. The van der Waals surface area contributed by atoms with Crippen LogP contribution in [0.1, 0.15) is 27.2 Å². The molecule has 190 valence electrons. The molecule has 0 amide bonds. The summed E-state index contributed by atoms with van der Waals surface area (Å²) >= 11 is 0. The monoisotopic (exact) mass is 499 g/mol. The number of aromatic nitrogens is 4. The van der Waals surface area contributed by atoms with Gasteiger partial charge in [-0.25, -0.2) is 4.68 Å². The van der Waals surface area contributed by atoms with Gasteiger partial charge in [0, 0.05) is 34.9 Å². The lowest BCUT2D eigenvalue weighted by Crippen LogP contribution is -2.54. The third-order valence-electron chi connectivity index (χ3n) is 7.91. The topological polar surface area (TPSA) is 107 Å². The van der Waals surface area contributed by atoms with E-state index in [4.69, 9.17) is 24.5 Å². The maximum absolute atomic E-state index is 6.78. The van der Waals surface area contributed by atoms with E-state index in [1.807, 2.05) is 41.2 Å². The Bertz CT molecular complexity index is 1460. The van der Waals surface area contributed by atoms with Gasteiger partial charge in [-0.05, 0) is 42.2 Å². The van der Waals surface area contributed by atoms with Gasteiger partial charge < -0.3 is 24.5 Å². The van der Waals surface area contributed by atoms with Gasteiger partial charge in [-0.1, -0.05) is 26.8 Å². The van der Waals surface area contributed by atoms with Gasteiger partial charge in [-0.3, -0.25) is 0 Å². The Kier molecular flexibility index (Phi) is 5.70. The quantitative estimate of drug-likeness (QED) is 0.403. The third-order valence-corrected chi connectivity index (χ3v) is 7.91. The smallest absolute Gasteiger partial charge is 0.497 e. The highest BCUT2D eigenvalue weighted by Gasteiger charge is 2.66. The van der Waals surface area contributed by atoms with Crippen molar-refractivity contribution in [2.24, 2.45) is 5.92 Å². The minimum absolute atomic E-state index is 0.207. The van der Waals surface area contributed by atoms with Crippen LogP contribution in [0.15, 0.2) is 55.0 Å². The summed E-state index contributed by atoms with van der Waals surface area (Å²) in [4.78, 5) is 0. The highest BCUT2D eigenvalue weighted by atomic mass is 16.7. The first kappa shape index (κ1) is 23.9. The van der Waals surface area contributed by atoms with Crippen molar-refractivity contribution in [1.82, 2.24) is 20.0 Å². The van der Waals surface area contributed by atoms with Crippen LogP contribution in [-0.2, 0) is 14.0 Å². The predicted molar refractivity (Wildman–Crippen MR) is 142 cm³/mol. The van der Waals surface area contributed by atoms with Crippen molar-refractivity contribution in [1.29, 1.82) is 0 Å². The summed E-state index contributed by atoms with van der Waals surface area (Å²) in [5.74, 6) is 0.869. The minimum Gasteiger partial charge on any atom is -0.497 e. The fraction of sp³-hybridized carbons (Fsp3) is 0.370. The Hall–Kier alpha value is -3.47. The average molecular weight is 499 g/mol. The van der Waals surface area contributed by atoms with Gasteiger partial charge in [0.15, 0.2) is 0 Å². The lowest BCUT2D eigenvalue weighted by Gasteiger charge is -2.39. The molecule has 2 saturated heterocycles. The van der Waals surface area contributed by atoms with Crippen molar-refractivity contribution in [2.75, 3.05) is 26.1 Å². The maximum atomic E-state index is 6.78. The van der Waals surface area contributed by atoms with E-state index in [-0.39, 0.29) is 5.92 Å². The lowest BCUT2D eigenvalue weighted by atomic mass is 9.76. The van der Waals surface area contributed by atoms with Crippen LogP contribution < -0.4 is 15.9 Å². The molecule has 9 nitrogen and oxygen atoms in total. The van der Waals surface area contributed by atoms with Gasteiger partial charge in [-0.2, -0.15) is 15.3 Å². The van der Waals surface area contributed by atoms with E-state index in [9.17, 15) is 0 Å². The molecule has 10 heteroatoms. The Morgan fingerprint density at radius 2 is 2.05 bits per heavy atom. The van der Waals surface area contributed by atoms with E-state index < -0.39 is 18.3 Å². The summed E-state index contributed by atoms with van der Waals surface area (Å²) in [6, 6.07) is 11.9. The van der Waals surface area contributed by atoms with Gasteiger partial charge in [0.1, 0.15) is 17.0 Å². The second kappa shape index (κ2) is 8.83. The summed E-state index contributed by atoms with van der Waals surface area (Å²) in [5, 5.41) is 13.7. The first-order valence-corrected chi connectivity index (χ1v) is 12.6. The average Bonchev–Trinajstić information content (AvgIpc) is 3.63. The van der Waals surface area contributed by atoms with Gasteiger partial charge in [-0.15, -0.1) is 0 Å². The summed E-state index contributed by atoms with van der Waals surface area (Å²) in [6.07, 6.45) is 6.00. The van der Waals surface area contributed by atoms with Crippen LogP contribution in [0.2, 0.25) is 0 Å². The fourth-order valence-corrected chi connectivity index (χ4v) is 5.78. The van der Waals surface area contributed by atoms with Crippen molar-refractivity contribution < 1.29 is 18.8 Å². The first-order chi connectivity index (χ1) is 17.9. The zero-order valence-electron chi connectivity index (χ0n) is 21.5. The molecule has 6 rings (SSSR count). The second-order valence-electron chi connectivity index (χ2n) is 10.0. The second-order valence-corrected chi connectivity index (χ2v) is 10.0. The van der Waals surface area contributed by atoms with Crippen LogP contribution in [0.25, 0.3) is 27.7 Å². The van der Waals surface area contributed by atoms with Crippen LogP contribution in [-0.4, -0.2) is 58.6 Å². The van der Waals surface area contributed by atoms with E-state index in [1.165, 1.54) is 0 Å². The first-order valence-electron chi connectivity index (χ1n) is 12.6. The largest absolute Gasteiger partial charge is 0.498 e. The van der Waals surface area contributed by atoms with Crippen molar-refractivity contribution >= 4 is 29.2 Å². The Morgan fingerprint density at radius 3 is 2.76 bits per heavy atom. The summed E-state index contributed by atoms with van der Waals surface area (Å²) in [7, 11) is 1.05. The summed E-state index contributed by atoms with van der Waals surface area (Å²) < 4.78 is 27.1. The van der Waals surface area contributed by atoms with Gasteiger partial charge in [0.2, 0.25) is 0 Å². The van der Waals surface area contributed by atoms with Crippen LogP contribution >= 0.6 is 0 Å². The van der Waals surface area contributed by atoms with Crippen molar-refractivity contribution in [2.45, 2.75) is 38.4 Å². The lowest BCUT2D eigenvalue weighted by molar-refractivity contribution is -0.0429. The molecule has 2 fully saturated rings. The van der Waals surface area contributed by atoms with Crippen LogP contribution in [0.5, 0.6) is 5.75 Å². The van der Waals surface area contributed by atoms with E-state index >= 15 is 0 Å². The van der Waals surface area contributed by atoms with Crippen LogP contribution in [0.4, 0.5) is 5.69 Å². The van der Waals surface area contributed by atoms with Crippen molar-refractivity contribution in [3.05, 3.63) is 55.0 Å². The van der Waals surface area contributed by atoms with E-state index in [1.54, 1.807) is 19.5 Å². The van der Waals surface area contributed by atoms with Crippen molar-refractivity contribution in [3.8, 4) is 22.6 Å². The summed E-state index contributed by atoms with van der Waals surface area (Å²) in [5.41, 5.74) is 9.91. The molecule has 0 aliphatic carbocycles. The summed E-state index contributed by atoms with van der Waals surface area (Å²) in [6.45, 7) is 7.46. The predicted octanol–water partition coefficient (Wildman–Crippen LogP) is 3.39. The molecule has 0 radical (unpaired) electrons. The highest BCUT2D eigenvalue weighted by Crippen LogP contribution is 2.49. The van der Waals surface area contributed by atoms with E-state index in [0.29, 0.717) is 30.2 Å². The fourth-order valence-electron chi connectivity index (χ4n) is 5.78. The van der Waals surface area contributed by atoms with E-state index in [2.05, 4.69) is 42.1 Å². The molecule has 0 saturated carbocycles. The number of rotatable bonds is 6. The molecule has 2 aromatic heterocycles. The Labute approximate surface area is 216 Å². The highest BCUT2D eigenvalue weighted by molar-refractivity contribution is 6.63. The number of nitrogens with zero attached hydrogens (tertiary/aromatic N) is 4. The third kappa shape index (κ3) is 3.54. The zero-order chi connectivity index (χ0) is 25.8. The number of ether oxygens (including phenoxy) is 2. The zero-order valence-corrected chi connectivity index (χ0v) is 21.5. The molecule has 1 unspecified atom stereocenters. The minimum atomic E-state index is -0.609. The molecule has 2 aliphatic heterocycles.